The predicted octanol–water partition coefficient (Wildman–Crippen LogP) is 5.31. The van der Waals surface area contributed by atoms with Crippen LogP contribution in [-0.4, -0.2) is 36.1 Å². The molecule has 1 saturated heterocycles. The van der Waals surface area contributed by atoms with E-state index in [9.17, 15) is 19.8 Å². The van der Waals surface area contributed by atoms with Crippen molar-refractivity contribution >= 4 is 34.7 Å². The van der Waals surface area contributed by atoms with Crippen molar-refractivity contribution in [3.8, 4) is 17.2 Å². The molecule has 0 aromatic heterocycles. The van der Waals surface area contributed by atoms with Crippen molar-refractivity contribution in [2.24, 2.45) is 0 Å². The lowest BCUT2D eigenvalue weighted by Gasteiger charge is -2.26. The van der Waals surface area contributed by atoms with E-state index in [1.807, 2.05) is 6.92 Å². The molecule has 0 spiro atoms. The Balaban J connectivity index is 1.98. The summed E-state index contributed by atoms with van der Waals surface area (Å²) in [6.45, 7) is 3.60. The number of nitrogens with zero attached hydrogens (tertiary/aromatic N) is 1. The summed E-state index contributed by atoms with van der Waals surface area (Å²) in [7, 11) is 3.02. The Morgan fingerprint density at radius 3 is 2.29 bits per heavy atom. The van der Waals surface area contributed by atoms with Gasteiger partial charge in [-0.1, -0.05) is 23.7 Å². The highest BCUT2D eigenvalue weighted by Crippen LogP contribution is 2.44. The quantitative estimate of drug-likeness (QED) is 0.284. The number of Topliss-reactive ketones (excluding diaryl/α,β-unsaturated/α-hetero) is 1. The van der Waals surface area contributed by atoms with Gasteiger partial charge in [-0.2, -0.15) is 0 Å². The highest BCUT2D eigenvalue weighted by molar-refractivity contribution is 6.52. The van der Waals surface area contributed by atoms with Crippen LogP contribution < -0.4 is 14.4 Å². The molecule has 0 saturated carbocycles. The number of phenols is 1. The van der Waals surface area contributed by atoms with Gasteiger partial charge in [-0.25, -0.2) is 0 Å². The Labute approximate surface area is 207 Å². The van der Waals surface area contributed by atoms with Gasteiger partial charge < -0.3 is 19.7 Å². The summed E-state index contributed by atoms with van der Waals surface area (Å²) in [6.07, 6.45) is 0. The van der Waals surface area contributed by atoms with Gasteiger partial charge >= 0.3 is 0 Å². The molecule has 1 amide bonds. The Bertz CT molecular complexity index is 1380. The number of hydrogen-bond donors (Lipinski definition) is 2. The molecule has 3 aromatic rings. The second-order valence-corrected chi connectivity index (χ2v) is 8.63. The number of hydrogen-bond acceptors (Lipinski definition) is 6. The normalized spacial score (nSPS) is 17.1. The molecule has 0 aliphatic carbocycles. The van der Waals surface area contributed by atoms with Crippen LogP contribution in [0.25, 0.3) is 5.76 Å². The van der Waals surface area contributed by atoms with Gasteiger partial charge in [-0.3, -0.25) is 14.5 Å². The van der Waals surface area contributed by atoms with Gasteiger partial charge in [0.05, 0.1) is 30.9 Å². The number of ether oxygens (including phenoxy) is 2. The van der Waals surface area contributed by atoms with Crippen molar-refractivity contribution in [3.05, 3.63) is 87.4 Å². The third-order valence-electron chi connectivity index (χ3n) is 6.04. The van der Waals surface area contributed by atoms with Crippen molar-refractivity contribution in [1.29, 1.82) is 0 Å². The summed E-state index contributed by atoms with van der Waals surface area (Å²) in [5, 5.41) is 21.8. The van der Waals surface area contributed by atoms with Gasteiger partial charge in [0, 0.05) is 11.3 Å². The Hall–Kier alpha value is -3.97. The second kappa shape index (κ2) is 9.35. The largest absolute Gasteiger partial charge is 0.508 e. The monoisotopic (exact) mass is 493 g/mol. The number of rotatable bonds is 5. The molecule has 0 radical (unpaired) electrons. The molecule has 8 heteroatoms. The van der Waals surface area contributed by atoms with E-state index in [2.05, 4.69) is 0 Å². The standard InChI is InChI=1S/C27H24ClNO6/c1-14-11-22(35-4)15(2)10-19(14)25(31)23-24(16-6-5-7-18(30)12-16)29(27(33)26(23)32)17-8-9-21(34-3)20(28)13-17/h5-13,24,30-31H,1-4H3/b25-23+. The molecule has 0 bridgehead atoms. The zero-order valence-electron chi connectivity index (χ0n) is 19.6. The molecule has 2 N–H and O–H groups in total. The minimum Gasteiger partial charge on any atom is -0.508 e. The number of aliphatic hydroxyl groups is 1. The molecule has 1 heterocycles. The summed E-state index contributed by atoms with van der Waals surface area (Å²) in [5.41, 5.74) is 2.51. The Kier molecular flexibility index (Phi) is 6.45. The average molecular weight is 494 g/mol. The first-order valence-electron chi connectivity index (χ1n) is 10.8. The second-order valence-electron chi connectivity index (χ2n) is 8.22. The van der Waals surface area contributed by atoms with Gasteiger partial charge in [0.1, 0.15) is 23.0 Å². The maximum atomic E-state index is 13.3. The lowest BCUT2D eigenvalue weighted by Crippen LogP contribution is -2.29. The highest BCUT2D eigenvalue weighted by Gasteiger charge is 2.47. The van der Waals surface area contributed by atoms with Crippen molar-refractivity contribution in [2.45, 2.75) is 19.9 Å². The van der Waals surface area contributed by atoms with Crippen molar-refractivity contribution in [2.75, 3.05) is 19.1 Å². The van der Waals surface area contributed by atoms with Gasteiger partial charge in [-0.15, -0.1) is 0 Å². The number of amides is 1. The van der Waals surface area contributed by atoms with Crippen LogP contribution in [0.2, 0.25) is 5.02 Å². The lowest BCUT2D eigenvalue weighted by molar-refractivity contribution is -0.132. The van der Waals surface area contributed by atoms with Crippen LogP contribution >= 0.6 is 11.6 Å². The Morgan fingerprint density at radius 2 is 1.66 bits per heavy atom. The number of halogens is 1. The molecule has 35 heavy (non-hydrogen) atoms. The number of aromatic hydroxyl groups is 1. The molecule has 1 atom stereocenters. The lowest BCUT2D eigenvalue weighted by atomic mass is 9.93. The van der Waals surface area contributed by atoms with Crippen LogP contribution in [0.4, 0.5) is 5.69 Å². The first kappa shape index (κ1) is 24.2. The van der Waals surface area contributed by atoms with Gasteiger partial charge in [-0.05, 0) is 73.0 Å². The maximum absolute atomic E-state index is 13.3. The van der Waals surface area contributed by atoms with Crippen LogP contribution in [0.3, 0.4) is 0 Å². The fourth-order valence-corrected chi connectivity index (χ4v) is 4.58. The van der Waals surface area contributed by atoms with Crippen LogP contribution in [0.15, 0.2) is 60.2 Å². The highest BCUT2D eigenvalue weighted by atomic mass is 35.5. The molecule has 180 valence electrons. The molecule has 1 aliphatic rings. The number of phenolic OH excluding ortho intramolecular Hbond substituents is 1. The minimum atomic E-state index is -1.01. The summed E-state index contributed by atoms with van der Waals surface area (Å²) in [4.78, 5) is 27.9. The van der Waals surface area contributed by atoms with Crippen LogP contribution in [-0.2, 0) is 9.59 Å². The molecular weight excluding hydrogens is 470 g/mol. The number of anilines is 1. The van der Waals surface area contributed by atoms with Crippen LogP contribution in [0.1, 0.15) is 28.3 Å². The molecule has 1 fully saturated rings. The SMILES string of the molecule is COc1cc(C)c(/C(O)=C2\C(=O)C(=O)N(c3ccc(OC)c(Cl)c3)C2c2cccc(O)c2)cc1C. The van der Waals surface area contributed by atoms with E-state index in [0.717, 1.165) is 5.56 Å². The fraction of sp³-hybridized carbons (Fsp3) is 0.185. The first-order chi connectivity index (χ1) is 16.7. The third kappa shape index (κ3) is 4.19. The minimum absolute atomic E-state index is 0.0441. The number of benzene rings is 3. The molecule has 1 unspecified atom stereocenters. The number of carbonyl (C=O) groups is 2. The van der Waals surface area contributed by atoms with E-state index in [4.69, 9.17) is 21.1 Å². The Morgan fingerprint density at radius 1 is 0.943 bits per heavy atom. The molecule has 4 rings (SSSR count). The van der Waals surface area contributed by atoms with E-state index in [-0.39, 0.29) is 22.1 Å². The van der Waals surface area contributed by atoms with E-state index >= 15 is 0 Å². The van der Waals surface area contributed by atoms with Crippen LogP contribution in [0, 0.1) is 13.8 Å². The van der Waals surface area contributed by atoms with Crippen LogP contribution in [0.5, 0.6) is 17.2 Å². The number of carbonyl (C=O) groups excluding carboxylic acids is 2. The number of aryl methyl sites for hydroxylation is 2. The zero-order valence-corrected chi connectivity index (χ0v) is 20.4. The summed E-state index contributed by atoms with van der Waals surface area (Å²) in [5.74, 6) is -0.999. The maximum Gasteiger partial charge on any atom is 0.300 e. The summed E-state index contributed by atoms with van der Waals surface area (Å²) >= 11 is 6.31. The zero-order chi connectivity index (χ0) is 25.4. The smallest absolute Gasteiger partial charge is 0.300 e. The molecule has 1 aliphatic heterocycles. The number of ketones is 1. The van der Waals surface area contributed by atoms with Gasteiger partial charge in [0.15, 0.2) is 0 Å². The number of methoxy groups -OCH3 is 2. The molecule has 7 nitrogen and oxygen atoms in total. The number of aliphatic hydroxyl groups excluding tert-OH is 1. The van der Waals surface area contributed by atoms with E-state index in [1.165, 1.54) is 30.2 Å². The molecular formula is C27H24ClNO6. The van der Waals surface area contributed by atoms with Gasteiger partial charge in [0.2, 0.25) is 0 Å². The summed E-state index contributed by atoms with van der Waals surface area (Å²) < 4.78 is 10.6. The van der Waals surface area contributed by atoms with Crippen molar-refractivity contribution < 1.29 is 29.3 Å². The molecule has 3 aromatic carbocycles. The topological polar surface area (TPSA) is 96.3 Å². The van der Waals surface area contributed by atoms with Crippen molar-refractivity contribution in [1.82, 2.24) is 0 Å². The van der Waals surface area contributed by atoms with E-state index in [1.54, 1.807) is 50.4 Å². The van der Waals surface area contributed by atoms with E-state index < -0.39 is 17.7 Å². The fourth-order valence-electron chi connectivity index (χ4n) is 4.32. The predicted molar refractivity (Wildman–Crippen MR) is 133 cm³/mol. The average Bonchev–Trinajstić information content (AvgIpc) is 3.10. The third-order valence-corrected chi connectivity index (χ3v) is 6.34. The van der Waals surface area contributed by atoms with Crippen molar-refractivity contribution in [3.63, 3.8) is 0 Å². The van der Waals surface area contributed by atoms with Gasteiger partial charge in [0.25, 0.3) is 11.7 Å². The van der Waals surface area contributed by atoms with E-state index in [0.29, 0.717) is 33.9 Å². The summed E-state index contributed by atoms with van der Waals surface area (Å²) in [6, 6.07) is 13.4. The first-order valence-corrected chi connectivity index (χ1v) is 11.1.